The molecule has 2 heterocycles. The minimum atomic E-state index is 0.367. The van der Waals surface area contributed by atoms with Crippen molar-refractivity contribution in [1.29, 1.82) is 0 Å². The Labute approximate surface area is 214 Å². The van der Waals surface area contributed by atoms with Gasteiger partial charge in [0.15, 0.2) is 0 Å². The van der Waals surface area contributed by atoms with E-state index in [1.54, 1.807) is 0 Å². The highest BCUT2D eigenvalue weighted by atomic mass is 35.5. The topological polar surface area (TPSA) is 27.6 Å². The number of nitrogens with one attached hydrogen (secondary N) is 1. The number of likely N-dealkylation sites (tertiary alicyclic amines) is 1. The zero-order valence-corrected chi connectivity index (χ0v) is 22.9. The maximum absolute atomic E-state index is 6.27. The zero-order valence-electron chi connectivity index (χ0n) is 22.1. The van der Waals surface area contributed by atoms with E-state index in [0.717, 1.165) is 42.9 Å². The molecule has 1 fully saturated rings. The second-order valence-electron chi connectivity index (χ2n) is 12.4. The number of hydrogen-bond acceptors (Lipinski definition) is 3. The van der Waals surface area contributed by atoms with Crippen LogP contribution in [0.5, 0.6) is 0 Å². The van der Waals surface area contributed by atoms with Crippen LogP contribution in [0.1, 0.15) is 72.6 Å². The van der Waals surface area contributed by atoms with Crippen molar-refractivity contribution < 1.29 is 0 Å². The Bertz CT molecular complexity index is 793. The molecule has 3 unspecified atom stereocenters. The molecule has 190 valence electrons. The first kappa shape index (κ1) is 26.2. The molecule has 3 nitrogen and oxygen atoms in total. The standard InChI is InChI=1S/C30H48ClN3/c1-22(2)29(33-18-23-7-5-8-25(17-23)26-9-6-15-32-19-26)20-34-16-14-28(30(3,4)21-34)24-10-12-27(31)13-11-24/h5,7,12,17,19,22,24-26,28-29,33H,6,8-11,13-16,18,20-21H2,1-4H3/t24?,25?,26?,28-,29+/m1/s1. The summed E-state index contributed by atoms with van der Waals surface area (Å²) < 4.78 is 0. The van der Waals surface area contributed by atoms with Crippen LogP contribution in [0, 0.1) is 35.0 Å². The highest BCUT2D eigenvalue weighted by Crippen LogP contribution is 2.45. The van der Waals surface area contributed by atoms with Crippen LogP contribution in [0.2, 0.25) is 0 Å². The molecule has 0 aromatic carbocycles. The van der Waals surface area contributed by atoms with Gasteiger partial charge in [0.2, 0.25) is 0 Å². The predicted octanol–water partition coefficient (Wildman–Crippen LogP) is 6.85. The van der Waals surface area contributed by atoms with Crippen LogP contribution in [-0.4, -0.2) is 49.9 Å². The number of rotatable bonds is 8. The molecule has 0 spiro atoms. The van der Waals surface area contributed by atoms with Gasteiger partial charge >= 0.3 is 0 Å². The summed E-state index contributed by atoms with van der Waals surface area (Å²) in [4.78, 5) is 7.31. The molecule has 1 saturated heterocycles. The molecule has 1 N–H and O–H groups in total. The van der Waals surface area contributed by atoms with Crippen LogP contribution in [-0.2, 0) is 0 Å². The highest BCUT2D eigenvalue weighted by molar-refractivity contribution is 6.29. The predicted molar refractivity (Wildman–Crippen MR) is 148 cm³/mol. The van der Waals surface area contributed by atoms with E-state index in [9.17, 15) is 0 Å². The van der Waals surface area contributed by atoms with E-state index >= 15 is 0 Å². The molecule has 0 amide bonds. The summed E-state index contributed by atoms with van der Waals surface area (Å²) in [6.07, 6.45) is 20.4. The van der Waals surface area contributed by atoms with Crippen LogP contribution in [0.15, 0.2) is 39.9 Å². The fraction of sp³-hybridized carbons (Fsp3) is 0.767. The Morgan fingerprint density at radius 2 is 2.03 bits per heavy atom. The summed E-state index contributed by atoms with van der Waals surface area (Å²) in [6, 6.07) is 0.523. The van der Waals surface area contributed by atoms with Crippen molar-refractivity contribution in [2.75, 3.05) is 32.7 Å². The van der Waals surface area contributed by atoms with Gasteiger partial charge in [-0.05, 0) is 86.2 Å². The number of allylic oxidation sites excluding steroid dienone is 4. The molecule has 0 saturated carbocycles. The van der Waals surface area contributed by atoms with E-state index in [1.165, 1.54) is 57.2 Å². The van der Waals surface area contributed by atoms with Gasteiger partial charge in [-0.3, -0.25) is 4.99 Å². The second-order valence-corrected chi connectivity index (χ2v) is 12.9. The molecule has 2 aliphatic heterocycles. The van der Waals surface area contributed by atoms with Gasteiger partial charge in [0.25, 0.3) is 0 Å². The third kappa shape index (κ3) is 6.86. The molecular weight excluding hydrogens is 438 g/mol. The van der Waals surface area contributed by atoms with Crippen molar-refractivity contribution in [3.05, 3.63) is 34.9 Å². The van der Waals surface area contributed by atoms with Crippen LogP contribution < -0.4 is 5.32 Å². The number of piperidine rings is 1. The van der Waals surface area contributed by atoms with E-state index in [4.69, 9.17) is 11.6 Å². The normalized spacial score (nSPS) is 33.0. The number of halogens is 1. The quantitative estimate of drug-likeness (QED) is 0.406. The Morgan fingerprint density at radius 3 is 2.71 bits per heavy atom. The number of aliphatic imine (C=N–C) groups is 1. The summed E-state index contributed by atoms with van der Waals surface area (Å²) in [5, 5.41) is 5.03. The summed E-state index contributed by atoms with van der Waals surface area (Å²) in [5.41, 5.74) is 1.83. The van der Waals surface area contributed by atoms with Gasteiger partial charge in [-0.2, -0.15) is 0 Å². The third-order valence-corrected chi connectivity index (χ3v) is 9.37. The van der Waals surface area contributed by atoms with Crippen LogP contribution in [0.4, 0.5) is 0 Å². The molecular formula is C30H48ClN3. The number of hydrogen-bond donors (Lipinski definition) is 1. The molecule has 2 aliphatic carbocycles. The Hall–Kier alpha value is -0.900. The lowest BCUT2D eigenvalue weighted by Crippen LogP contribution is -2.53. The van der Waals surface area contributed by atoms with Crippen LogP contribution >= 0.6 is 11.6 Å². The molecule has 4 rings (SSSR count). The van der Waals surface area contributed by atoms with Gasteiger partial charge < -0.3 is 10.2 Å². The van der Waals surface area contributed by atoms with Gasteiger partial charge in [0.05, 0.1) is 0 Å². The maximum atomic E-state index is 6.27. The van der Waals surface area contributed by atoms with Gasteiger partial charge in [-0.1, -0.05) is 63.6 Å². The lowest BCUT2D eigenvalue weighted by atomic mass is 9.65. The molecule has 4 aliphatic rings. The average Bonchev–Trinajstić information content (AvgIpc) is 2.82. The van der Waals surface area contributed by atoms with E-state index in [0.29, 0.717) is 29.2 Å². The van der Waals surface area contributed by atoms with Crippen LogP contribution in [0.25, 0.3) is 0 Å². The number of nitrogens with zero attached hydrogens (tertiary/aromatic N) is 2. The SMILES string of the molecule is CC(C)[C@H](CN1CC[C@H](C2CC=C(Cl)CC2)C(C)(C)C1)NCC1=CC(C2C=NCCC2)CC=C1. The largest absolute Gasteiger partial charge is 0.308 e. The van der Waals surface area contributed by atoms with Crippen molar-refractivity contribution in [2.45, 2.75) is 78.7 Å². The Balaban J connectivity index is 1.30. The van der Waals surface area contributed by atoms with Crippen molar-refractivity contribution >= 4 is 17.8 Å². The molecule has 0 bridgehead atoms. The van der Waals surface area contributed by atoms with E-state index < -0.39 is 0 Å². The van der Waals surface area contributed by atoms with E-state index in [1.807, 2.05) is 0 Å². The lowest BCUT2D eigenvalue weighted by Gasteiger charge is -2.49. The summed E-state index contributed by atoms with van der Waals surface area (Å²) in [7, 11) is 0. The van der Waals surface area contributed by atoms with Gasteiger partial charge in [-0.15, -0.1) is 0 Å². The monoisotopic (exact) mass is 485 g/mol. The third-order valence-electron chi connectivity index (χ3n) is 9.02. The summed E-state index contributed by atoms with van der Waals surface area (Å²) in [5.74, 6) is 3.52. The van der Waals surface area contributed by atoms with Crippen molar-refractivity contribution in [3.8, 4) is 0 Å². The first-order chi connectivity index (χ1) is 16.3. The Kier molecular flexibility index (Phi) is 9.15. The average molecular weight is 486 g/mol. The van der Waals surface area contributed by atoms with Crippen LogP contribution in [0.3, 0.4) is 0 Å². The molecule has 0 radical (unpaired) electrons. The first-order valence-corrected chi connectivity index (χ1v) is 14.4. The fourth-order valence-electron chi connectivity index (χ4n) is 6.96. The summed E-state index contributed by atoms with van der Waals surface area (Å²) >= 11 is 6.27. The second kappa shape index (κ2) is 11.9. The highest BCUT2D eigenvalue weighted by Gasteiger charge is 2.40. The Morgan fingerprint density at radius 1 is 1.18 bits per heavy atom. The molecule has 34 heavy (non-hydrogen) atoms. The van der Waals surface area contributed by atoms with Gasteiger partial charge in [-0.25, -0.2) is 0 Å². The van der Waals surface area contributed by atoms with E-state index in [-0.39, 0.29) is 0 Å². The minimum absolute atomic E-state index is 0.367. The van der Waals surface area contributed by atoms with E-state index in [2.05, 4.69) is 73.4 Å². The fourth-order valence-corrected chi connectivity index (χ4v) is 7.16. The van der Waals surface area contributed by atoms with Gasteiger partial charge in [0.1, 0.15) is 0 Å². The van der Waals surface area contributed by atoms with Crippen molar-refractivity contribution in [1.82, 2.24) is 10.2 Å². The van der Waals surface area contributed by atoms with Crippen molar-refractivity contribution in [2.24, 2.45) is 40.0 Å². The molecule has 0 aromatic heterocycles. The molecule has 0 aromatic rings. The summed E-state index contributed by atoms with van der Waals surface area (Å²) in [6.45, 7) is 15.4. The first-order valence-electron chi connectivity index (χ1n) is 14.0. The maximum Gasteiger partial charge on any atom is 0.0385 e. The van der Waals surface area contributed by atoms with Crippen molar-refractivity contribution in [3.63, 3.8) is 0 Å². The minimum Gasteiger partial charge on any atom is -0.308 e. The zero-order chi connectivity index (χ0) is 24.1. The lowest BCUT2D eigenvalue weighted by molar-refractivity contribution is 0.0120. The van der Waals surface area contributed by atoms with Gasteiger partial charge in [0, 0.05) is 49.4 Å². The molecule has 5 atom stereocenters. The molecule has 4 heteroatoms. The smallest absolute Gasteiger partial charge is 0.0385 e.